The van der Waals surface area contributed by atoms with Gasteiger partial charge in [0.05, 0.1) is 6.04 Å². The highest BCUT2D eigenvalue weighted by molar-refractivity contribution is 5.73. The molecule has 0 radical (unpaired) electrons. The van der Waals surface area contributed by atoms with Gasteiger partial charge in [0, 0.05) is 26.4 Å². The van der Waals surface area contributed by atoms with Crippen LogP contribution >= 0.6 is 0 Å². The van der Waals surface area contributed by atoms with Crippen molar-refractivity contribution in [3.05, 3.63) is 35.4 Å². The lowest BCUT2D eigenvalue weighted by Crippen LogP contribution is -2.53. The van der Waals surface area contributed by atoms with Crippen LogP contribution in [0.2, 0.25) is 0 Å². The first-order chi connectivity index (χ1) is 12.5. The summed E-state index contributed by atoms with van der Waals surface area (Å²) < 4.78 is 0. The predicted molar refractivity (Wildman–Crippen MR) is 107 cm³/mol. The fraction of sp³-hybridized carbons (Fsp3) is 0.682. The summed E-state index contributed by atoms with van der Waals surface area (Å²) in [6.07, 6.45) is 4.82. The zero-order valence-electron chi connectivity index (χ0n) is 16.5. The van der Waals surface area contributed by atoms with Gasteiger partial charge in [-0.1, -0.05) is 31.2 Å². The van der Waals surface area contributed by atoms with E-state index in [0.717, 1.165) is 18.4 Å². The Kier molecular flexibility index (Phi) is 4.83. The molecule has 4 rings (SSSR count). The number of amides is 1. The summed E-state index contributed by atoms with van der Waals surface area (Å²) in [5.41, 5.74) is 3.10. The second-order valence-corrected chi connectivity index (χ2v) is 8.96. The molecule has 2 unspecified atom stereocenters. The molecule has 3 aliphatic rings. The van der Waals surface area contributed by atoms with Crippen LogP contribution in [0.3, 0.4) is 0 Å². The molecule has 2 fully saturated rings. The molecule has 2 heterocycles. The number of benzene rings is 1. The van der Waals surface area contributed by atoms with Crippen molar-refractivity contribution >= 4 is 5.91 Å². The Hall–Kier alpha value is -1.39. The Morgan fingerprint density at radius 1 is 1.23 bits per heavy atom. The fourth-order valence-corrected chi connectivity index (χ4v) is 5.91. The minimum absolute atomic E-state index is 0. The highest BCUT2D eigenvalue weighted by atomic mass is 16.1. The number of fused-ring (bicyclic) bond motifs is 2. The first kappa shape index (κ1) is 18.0. The molecule has 2 saturated heterocycles. The number of hydrogen-bond donors (Lipinski definition) is 1. The van der Waals surface area contributed by atoms with Crippen molar-refractivity contribution in [2.24, 2.45) is 5.92 Å². The molecule has 2 aliphatic heterocycles. The lowest BCUT2D eigenvalue weighted by molar-refractivity contribution is -0.119. The topological polar surface area (TPSA) is 35.6 Å². The molecule has 0 bridgehead atoms. The van der Waals surface area contributed by atoms with Crippen LogP contribution in [0.5, 0.6) is 0 Å². The van der Waals surface area contributed by atoms with E-state index in [-0.39, 0.29) is 18.8 Å². The number of rotatable bonds is 2. The fourth-order valence-electron chi connectivity index (χ4n) is 5.91. The zero-order chi connectivity index (χ0) is 18.3. The highest BCUT2D eigenvalue weighted by Gasteiger charge is 2.46. The van der Waals surface area contributed by atoms with Crippen LogP contribution in [0, 0.1) is 5.92 Å². The van der Waals surface area contributed by atoms with Gasteiger partial charge in [-0.2, -0.15) is 0 Å². The van der Waals surface area contributed by atoms with Crippen LogP contribution in [0.1, 0.15) is 58.1 Å². The first-order valence-electron chi connectivity index (χ1n) is 10.3. The number of likely N-dealkylation sites (tertiary alicyclic amines) is 2. The van der Waals surface area contributed by atoms with E-state index < -0.39 is 0 Å². The summed E-state index contributed by atoms with van der Waals surface area (Å²) in [5, 5.41) is 3.20. The third kappa shape index (κ3) is 3.18. The van der Waals surface area contributed by atoms with Gasteiger partial charge < -0.3 is 10.2 Å². The molecule has 1 amide bonds. The molecule has 4 nitrogen and oxygen atoms in total. The number of carbonyl (C=O) groups excluding carboxylic acids is 1. The molecule has 1 aromatic rings. The van der Waals surface area contributed by atoms with E-state index in [0.29, 0.717) is 0 Å². The van der Waals surface area contributed by atoms with Crippen LogP contribution < -0.4 is 5.32 Å². The average Bonchev–Trinajstić information content (AvgIpc) is 2.89. The molecule has 0 saturated carbocycles. The van der Waals surface area contributed by atoms with Gasteiger partial charge in [-0.3, -0.25) is 9.69 Å². The first-order valence-corrected chi connectivity index (χ1v) is 10.3. The van der Waals surface area contributed by atoms with E-state index in [4.69, 9.17) is 0 Å². The van der Waals surface area contributed by atoms with Crippen molar-refractivity contribution in [1.29, 1.82) is 0 Å². The van der Waals surface area contributed by atoms with E-state index in [9.17, 15) is 4.79 Å². The zero-order valence-corrected chi connectivity index (χ0v) is 16.5. The summed E-state index contributed by atoms with van der Waals surface area (Å²) in [6.45, 7) is 8.89. The Labute approximate surface area is 159 Å². The van der Waals surface area contributed by atoms with E-state index in [1.807, 2.05) is 0 Å². The SMILES string of the molecule is CC(=O)N[C@H]1CC2(CCN(C3CCN(C)CC3C)CC2)c2ccccc21.[HH]. The summed E-state index contributed by atoms with van der Waals surface area (Å²) >= 11 is 0. The molecule has 1 aromatic carbocycles. The lowest BCUT2D eigenvalue weighted by Gasteiger charge is -2.47. The molecule has 144 valence electrons. The van der Waals surface area contributed by atoms with Crippen LogP contribution in [0.25, 0.3) is 0 Å². The Bertz CT molecular complexity index is 671. The van der Waals surface area contributed by atoms with E-state index in [1.165, 1.54) is 56.6 Å². The number of nitrogens with one attached hydrogen (secondary N) is 1. The largest absolute Gasteiger partial charge is 0.349 e. The van der Waals surface area contributed by atoms with Gasteiger partial charge in [0.2, 0.25) is 5.91 Å². The third-order valence-corrected chi connectivity index (χ3v) is 7.17. The van der Waals surface area contributed by atoms with Crippen molar-refractivity contribution < 1.29 is 6.22 Å². The van der Waals surface area contributed by atoms with Crippen LogP contribution in [0.4, 0.5) is 0 Å². The van der Waals surface area contributed by atoms with Gasteiger partial charge in [-0.25, -0.2) is 0 Å². The maximum Gasteiger partial charge on any atom is 0.217 e. The molecule has 4 heteroatoms. The van der Waals surface area contributed by atoms with Crippen molar-refractivity contribution in [2.75, 3.05) is 33.2 Å². The molecule has 1 spiro atoms. The Balaban J connectivity index is 0.00000210. The maximum absolute atomic E-state index is 11.7. The van der Waals surface area contributed by atoms with Crippen molar-refractivity contribution in [2.45, 2.75) is 57.0 Å². The third-order valence-electron chi connectivity index (χ3n) is 7.17. The summed E-state index contributed by atoms with van der Waals surface area (Å²) in [6, 6.07) is 9.74. The van der Waals surface area contributed by atoms with Crippen LogP contribution in [0.15, 0.2) is 24.3 Å². The predicted octanol–water partition coefficient (Wildman–Crippen LogP) is 3.19. The smallest absolute Gasteiger partial charge is 0.217 e. The number of piperidine rings is 2. The van der Waals surface area contributed by atoms with Crippen LogP contribution in [-0.4, -0.2) is 55.0 Å². The molecular formula is C22H35N3O. The summed E-state index contributed by atoms with van der Waals surface area (Å²) in [7, 11) is 2.25. The lowest BCUT2D eigenvalue weighted by atomic mass is 9.73. The normalized spacial score (nSPS) is 31.7. The van der Waals surface area contributed by atoms with Crippen molar-refractivity contribution in [3.63, 3.8) is 0 Å². The van der Waals surface area contributed by atoms with E-state index in [2.05, 4.69) is 53.4 Å². The monoisotopic (exact) mass is 357 g/mol. The molecule has 1 N–H and O–H groups in total. The summed E-state index contributed by atoms with van der Waals surface area (Å²) in [4.78, 5) is 16.9. The molecule has 1 aliphatic carbocycles. The van der Waals surface area contributed by atoms with Gasteiger partial charge in [0.1, 0.15) is 0 Å². The second kappa shape index (κ2) is 6.97. The minimum atomic E-state index is 0. The van der Waals surface area contributed by atoms with Gasteiger partial charge in [0.15, 0.2) is 0 Å². The van der Waals surface area contributed by atoms with Crippen molar-refractivity contribution in [3.8, 4) is 0 Å². The minimum Gasteiger partial charge on any atom is -0.349 e. The van der Waals surface area contributed by atoms with Crippen molar-refractivity contribution in [1.82, 2.24) is 15.1 Å². The average molecular weight is 358 g/mol. The molecular weight excluding hydrogens is 322 g/mol. The Morgan fingerprint density at radius 3 is 2.65 bits per heavy atom. The molecule has 3 atom stereocenters. The second-order valence-electron chi connectivity index (χ2n) is 8.96. The van der Waals surface area contributed by atoms with Gasteiger partial charge in [-0.15, -0.1) is 0 Å². The molecule has 26 heavy (non-hydrogen) atoms. The van der Waals surface area contributed by atoms with E-state index >= 15 is 0 Å². The van der Waals surface area contributed by atoms with Gasteiger partial charge in [0.25, 0.3) is 0 Å². The van der Waals surface area contributed by atoms with Gasteiger partial charge in [-0.05, 0) is 69.4 Å². The summed E-state index contributed by atoms with van der Waals surface area (Å²) in [5.74, 6) is 0.838. The van der Waals surface area contributed by atoms with Gasteiger partial charge >= 0.3 is 0 Å². The number of hydrogen-bond acceptors (Lipinski definition) is 3. The van der Waals surface area contributed by atoms with E-state index in [1.54, 1.807) is 6.92 Å². The standard InChI is InChI=1S/C22H33N3O.H2/c1-16-15-24(3)11-8-21(16)25-12-9-22(10-13-25)14-20(23-17(2)26)18-6-4-5-7-19(18)22;/h4-7,16,20-21H,8-15H2,1-3H3,(H,23,26);1H/t16?,20-,21?;/m0./s1. The van der Waals surface area contributed by atoms with Crippen LogP contribution in [-0.2, 0) is 10.2 Å². The highest BCUT2D eigenvalue weighted by Crippen LogP contribution is 2.51. The number of nitrogens with zero attached hydrogens (tertiary/aromatic N) is 2. The maximum atomic E-state index is 11.7. The molecule has 0 aromatic heterocycles. The quantitative estimate of drug-likeness (QED) is 0.883. The Morgan fingerprint density at radius 2 is 1.96 bits per heavy atom. The number of carbonyl (C=O) groups is 1.